The molecule has 2 aliphatic heterocycles. The maximum atomic E-state index is 12.0. The Morgan fingerprint density at radius 2 is 2.30 bits per heavy atom. The number of hydrogen-bond donors (Lipinski definition) is 2. The summed E-state index contributed by atoms with van der Waals surface area (Å²) in [4.78, 5) is 25.7. The van der Waals surface area contributed by atoms with Crippen molar-refractivity contribution in [1.29, 1.82) is 0 Å². The molecule has 2 atom stereocenters. The summed E-state index contributed by atoms with van der Waals surface area (Å²) < 4.78 is 5.18. The van der Waals surface area contributed by atoms with Gasteiger partial charge in [-0.2, -0.15) is 0 Å². The highest BCUT2D eigenvalue weighted by Gasteiger charge is 2.38. The first kappa shape index (κ1) is 13.2. The van der Waals surface area contributed by atoms with Crippen LogP contribution in [-0.4, -0.2) is 41.9 Å². The number of fused-ring (bicyclic) bond motifs is 2. The zero-order chi connectivity index (χ0) is 13.9. The number of hydrogen-bond acceptors (Lipinski definition) is 4. The van der Waals surface area contributed by atoms with E-state index >= 15 is 0 Å². The van der Waals surface area contributed by atoms with Crippen LogP contribution in [0.3, 0.4) is 0 Å². The number of rotatable bonds is 4. The van der Waals surface area contributed by atoms with Crippen LogP contribution in [-0.2, 0) is 16.1 Å². The third-order valence-electron chi connectivity index (χ3n) is 4.09. The van der Waals surface area contributed by atoms with Crippen LogP contribution in [0.15, 0.2) is 22.8 Å². The fourth-order valence-corrected chi connectivity index (χ4v) is 3.05. The van der Waals surface area contributed by atoms with Gasteiger partial charge in [-0.1, -0.05) is 0 Å². The molecule has 0 saturated carbocycles. The molecule has 2 aliphatic rings. The summed E-state index contributed by atoms with van der Waals surface area (Å²) in [5, 5.41) is 5.76. The van der Waals surface area contributed by atoms with Crippen LogP contribution >= 0.6 is 0 Å². The number of nitrogens with one attached hydrogen (secondary N) is 2. The highest BCUT2D eigenvalue weighted by atomic mass is 16.3. The van der Waals surface area contributed by atoms with E-state index in [0.717, 1.165) is 18.6 Å². The maximum Gasteiger partial charge on any atom is 0.234 e. The van der Waals surface area contributed by atoms with E-state index in [2.05, 4.69) is 15.5 Å². The molecule has 3 rings (SSSR count). The molecular formula is C14H19N3O3. The predicted octanol–water partition coefficient (Wildman–Crippen LogP) is 0.249. The van der Waals surface area contributed by atoms with Gasteiger partial charge in [0, 0.05) is 25.0 Å². The molecule has 2 saturated heterocycles. The van der Waals surface area contributed by atoms with Gasteiger partial charge in [-0.15, -0.1) is 0 Å². The van der Waals surface area contributed by atoms with Crippen molar-refractivity contribution in [2.75, 3.05) is 13.1 Å². The van der Waals surface area contributed by atoms with Crippen molar-refractivity contribution in [2.45, 2.75) is 37.9 Å². The number of nitrogens with zero attached hydrogens (tertiary/aromatic N) is 1. The van der Waals surface area contributed by atoms with Gasteiger partial charge < -0.3 is 15.1 Å². The third-order valence-corrected chi connectivity index (χ3v) is 4.09. The van der Waals surface area contributed by atoms with Gasteiger partial charge in [-0.3, -0.25) is 14.5 Å². The van der Waals surface area contributed by atoms with E-state index in [1.807, 2.05) is 6.07 Å². The van der Waals surface area contributed by atoms with Gasteiger partial charge in [0.05, 0.1) is 19.4 Å². The lowest BCUT2D eigenvalue weighted by Gasteiger charge is -2.26. The number of carbonyl (C=O) groups is 2. The van der Waals surface area contributed by atoms with Crippen LogP contribution in [0.1, 0.15) is 25.0 Å². The van der Waals surface area contributed by atoms with E-state index in [9.17, 15) is 9.59 Å². The van der Waals surface area contributed by atoms with Crippen LogP contribution < -0.4 is 10.6 Å². The molecule has 2 N–H and O–H groups in total. The van der Waals surface area contributed by atoms with Crippen molar-refractivity contribution >= 4 is 11.8 Å². The third kappa shape index (κ3) is 2.85. The highest BCUT2D eigenvalue weighted by Crippen LogP contribution is 2.27. The first-order valence-electron chi connectivity index (χ1n) is 7.04. The zero-order valence-electron chi connectivity index (χ0n) is 11.3. The second-order valence-electron chi connectivity index (χ2n) is 5.42. The average Bonchev–Trinajstić information content (AvgIpc) is 3.01. The summed E-state index contributed by atoms with van der Waals surface area (Å²) in [7, 11) is 0. The lowest BCUT2D eigenvalue weighted by molar-refractivity contribution is -0.124. The van der Waals surface area contributed by atoms with E-state index < -0.39 is 0 Å². The Morgan fingerprint density at radius 1 is 1.45 bits per heavy atom. The second kappa shape index (κ2) is 5.66. The lowest BCUT2D eigenvalue weighted by Crippen LogP contribution is -2.44. The van der Waals surface area contributed by atoms with E-state index in [4.69, 9.17) is 4.42 Å². The molecule has 2 amide bonds. The average molecular weight is 277 g/mol. The van der Waals surface area contributed by atoms with Gasteiger partial charge in [0.15, 0.2) is 0 Å². The van der Waals surface area contributed by atoms with Gasteiger partial charge in [0.2, 0.25) is 11.8 Å². The number of furan rings is 1. The lowest BCUT2D eigenvalue weighted by atomic mass is 10.1. The van der Waals surface area contributed by atoms with Gasteiger partial charge in [-0.05, 0) is 25.0 Å². The fourth-order valence-electron chi connectivity index (χ4n) is 3.05. The molecule has 0 aliphatic carbocycles. The normalized spacial score (nSPS) is 26.1. The number of amides is 2. The quantitative estimate of drug-likeness (QED) is 0.827. The Morgan fingerprint density at radius 3 is 3.10 bits per heavy atom. The monoisotopic (exact) mass is 277 g/mol. The Hall–Kier alpha value is -1.82. The molecule has 0 radical (unpaired) electrons. The topological polar surface area (TPSA) is 74.6 Å². The Bertz CT molecular complexity index is 486. The zero-order valence-corrected chi connectivity index (χ0v) is 11.3. The summed E-state index contributed by atoms with van der Waals surface area (Å²) in [6.07, 6.45) is 4.15. The van der Waals surface area contributed by atoms with Gasteiger partial charge >= 0.3 is 0 Å². The van der Waals surface area contributed by atoms with Gasteiger partial charge in [0.1, 0.15) is 5.76 Å². The smallest absolute Gasteiger partial charge is 0.234 e. The highest BCUT2D eigenvalue weighted by molar-refractivity contribution is 5.79. The van der Waals surface area contributed by atoms with Crippen molar-refractivity contribution < 1.29 is 14.0 Å². The Balaban J connectivity index is 1.54. The summed E-state index contributed by atoms with van der Waals surface area (Å²) >= 11 is 0. The molecule has 2 fully saturated rings. The standard InChI is InChI=1S/C14H19N3O3/c18-13-6-10-3-4-11(7-15-13)17(10)9-14(19)16-8-12-2-1-5-20-12/h1-2,5,10-11H,3-4,6-9H2,(H,15,18)(H,16,19). The van der Waals surface area contributed by atoms with Crippen LogP contribution in [0.25, 0.3) is 0 Å². The molecule has 3 heterocycles. The van der Waals surface area contributed by atoms with Crippen molar-refractivity contribution in [3.63, 3.8) is 0 Å². The van der Waals surface area contributed by atoms with Crippen molar-refractivity contribution in [2.24, 2.45) is 0 Å². The fraction of sp³-hybridized carbons (Fsp3) is 0.571. The largest absolute Gasteiger partial charge is 0.467 e. The molecule has 108 valence electrons. The molecule has 6 heteroatoms. The SMILES string of the molecule is O=C1CC2CCC(CN1)N2CC(=O)NCc1ccco1. The molecule has 0 spiro atoms. The van der Waals surface area contributed by atoms with Crippen molar-refractivity contribution in [3.8, 4) is 0 Å². The van der Waals surface area contributed by atoms with Gasteiger partial charge in [0.25, 0.3) is 0 Å². The van der Waals surface area contributed by atoms with Crippen molar-refractivity contribution in [3.05, 3.63) is 24.2 Å². The van der Waals surface area contributed by atoms with Crippen LogP contribution in [0.5, 0.6) is 0 Å². The van der Waals surface area contributed by atoms with E-state index in [-0.39, 0.29) is 17.9 Å². The minimum atomic E-state index is -0.0207. The molecule has 6 nitrogen and oxygen atoms in total. The van der Waals surface area contributed by atoms with E-state index in [0.29, 0.717) is 32.1 Å². The first-order chi connectivity index (χ1) is 9.72. The molecule has 2 bridgehead atoms. The predicted molar refractivity (Wildman–Crippen MR) is 71.7 cm³/mol. The Kier molecular flexibility index (Phi) is 3.73. The summed E-state index contributed by atoms with van der Waals surface area (Å²) in [5.41, 5.74) is 0. The Labute approximate surface area is 117 Å². The summed E-state index contributed by atoms with van der Waals surface area (Å²) in [6, 6.07) is 4.13. The second-order valence-corrected chi connectivity index (χ2v) is 5.42. The van der Waals surface area contributed by atoms with E-state index in [1.54, 1.807) is 12.3 Å². The van der Waals surface area contributed by atoms with Crippen LogP contribution in [0, 0.1) is 0 Å². The molecule has 20 heavy (non-hydrogen) atoms. The molecular weight excluding hydrogens is 258 g/mol. The molecule has 1 aromatic heterocycles. The minimum absolute atomic E-state index is 0.0207. The van der Waals surface area contributed by atoms with E-state index in [1.165, 1.54) is 0 Å². The molecule has 2 unspecified atom stereocenters. The maximum absolute atomic E-state index is 12.0. The minimum Gasteiger partial charge on any atom is -0.467 e. The summed E-state index contributed by atoms with van der Waals surface area (Å²) in [5.74, 6) is 0.819. The van der Waals surface area contributed by atoms with Crippen LogP contribution in [0.2, 0.25) is 0 Å². The van der Waals surface area contributed by atoms with Crippen LogP contribution in [0.4, 0.5) is 0 Å². The molecule has 1 aromatic rings. The van der Waals surface area contributed by atoms with Crippen molar-refractivity contribution in [1.82, 2.24) is 15.5 Å². The molecule has 0 aromatic carbocycles. The number of carbonyl (C=O) groups excluding carboxylic acids is 2. The first-order valence-corrected chi connectivity index (χ1v) is 7.04. The summed E-state index contributed by atoms with van der Waals surface area (Å²) in [6.45, 7) is 1.41. The van der Waals surface area contributed by atoms with Gasteiger partial charge in [-0.25, -0.2) is 0 Å².